The monoisotopic (exact) mass is 312 g/mol. The van der Waals surface area contributed by atoms with Gasteiger partial charge in [-0.2, -0.15) is 10.5 Å². The molecule has 118 valence electrons. The van der Waals surface area contributed by atoms with Crippen molar-refractivity contribution >= 4 is 0 Å². The van der Waals surface area contributed by atoms with Crippen molar-refractivity contribution in [3.05, 3.63) is 68.8 Å². The zero-order valence-corrected chi connectivity index (χ0v) is 14.5. The van der Waals surface area contributed by atoms with Crippen molar-refractivity contribution < 1.29 is 0 Å². The van der Waals surface area contributed by atoms with E-state index in [1.807, 2.05) is 0 Å². The molecule has 5 rings (SSSR count). The third kappa shape index (κ3) is 1.75. The van der Waals surface area contributed by atoms with Crippen molar-refractivity contribution in [3.63, 3.8) is 0 Å². The highest BCUT2D eigenvalue weighted by Crippen LogP contribution is 2.58. The number of nitriles is 2. The van der Waals surface area contributed by atoms with Crippen molar-refractivity contribution in [1.82, 2.24) is 0 Å². The van der Waals surface area contributed by atoms with Crippen LogP contribution in [0.25, 0.3) is 0 Å². The lowest BCUT2D eigenvalue weighted by Crippen LogP contribution is -2.39. The molecule has 2 aromatic rings. The topological polar surface area (TPSA) is 47.6 Å². The third-order valence-corrected chi connectivity index (χ3v) is 6.14. The average Bonchev–Trinajstić information content (AvgIpc) is 2.56. The maximum atomic E-state index is 9.81. The predicted molar refractivity (Wildman–Crippen MR) is 93.7 cm³/mol. The molecule has 2 aromatic carbocycles. The lowest BCUT2D eigenvalue weighted by molar-refractivity contribution is 0.349. The van der Waals surface area contributed by atoms with Gasteiger partial charge in [-0.3, -0.25) is 0 Å². The van der Waals surface area contributed by atoms with Gasteiger partial charge in [-0.15, -0.1) is 0 Å². The highest BCUT2D eigenvalue weighted by molar-refractivity contribution is 5.61. The summed E-state index contributed by atoms with van der Waals surface area (Å²) in [5.74, 6) is -0.477. The summed E-state index contributed by atoms with van der Waals surface area (Å²) >= 11 is 0. The van der Waals surface area contributed by atoms with Crippen molar-refractivity contribution in [1.29, 1.82) is 10.5 Å². The molecule has 3 aliphatic carbocycles. The summed E-state index contributed by atoms with van der Waals surface area (Å²) in [6.45, 7) is 8.51. The van der Waals surface area contributed by atoms with Crippen LogP contribution in [0.4, 0.5) is 0 Å². The molecule has 0 aromatic heterocycles. The minimum atomic E-state index is -0.260. The van der Waals surface area contributed by atoms with Gasteiger partial charge in [0.05, 0.1) is 24.0 Å². The SMILES string of the molecule is Cc1cc2c(cc1C)C1c3cc(C)c(C)cc3C2C(C#N)C1C#N. The summed E-state index contributed by atoms with van der Waals surface area (Å²) in [6, 6.07) is 13.9. The Morgan fingerprint density at radius 1 is 0.583 bits per heavy atom. The van der Waals surface area contributed by atoms with Gasteiger partial charge in [-0.05, 0) is 72.2 Å². The Kier molecular flexibility index (Phi) is 3.09. The first-order valence-electron chi connectivity index (χ1n) is 8.49. The zero-order chi connectivity index (χ0) is 17.2. The van der Waals surface area contributed by atoms with Crippen LogP contribution >= 0.6 is 0 Å². The van der Waals surface area contributed by atoms with Crippen LogP contribution in [-0.2, 0) is 0 Å². The molecule has 2 nitrogen and oxygen atoms in total. The van der Waals surface area contributed by atoms with Gasteiger partial charge < -0.3 is 0 Å². The first-order chi connectivity index (χ1) is 11.5. The average molecular weight is 312 g/mol. The molecular weight excluding hydrogens is 292 g/mol. The van der Waals surface area contributed by atoms with Gasteiger partial charge in [0.2, 0.25) is 0 Å². The van der Waals surface area contributed by atoms with Gasteiger partial charge in [0.15, 0.2) is 0 Å². The molecule has 0 radical (unpaired) electrons. The number of rotatable bonds is 0. The van der Waals surface area contributed by atoms with Crippen LogP contribution < -0.4 is 0 Å². The highest BCUT2D eigenvalue weighted by Gasteiger charge is 2.50. The van der Waals surface area contributed by atoms with E-state index in [-0.39, 0.29) is 23.7 Å². The lowest BCUT2D eigenvalue weighted by Gasteiger charge is -2.46. The smallest absolute Gasteiger partial charge is 0.0740 e. The molecule has 0 saturated carbocycles. The van der Waals surface area contributed by atoms with Crippen LogP contribution in [0.15, 0.2) is 24.3 Å². The molecule has 0 spiro atoms. The molecule has 2 unspecified atom stereocenters. The third-order valence-electron chi connectivity index (χ3n) is 6.14. The largest absolute Gasteiger partial charge is 0.198 e. The van der Waals surface area contributed by atoms with Crippen molar-refractivity contribution in [2.75, 3.05) is 0 Å². The summed E-state index contributed by atoms with van der Waals surface area (Å²) in [6.07, 6.45) is 0. The fourth-order valence-electron chi connectivity index (χ4n) is 4.63. The minimum absolute atomic E-state index is 0.0215. The van der Waals surface area contributed by atoms with E-state index in [1.165, 1.54) is 44.5 Å². The maximum Gasteiger partial charge on any atom is 0.0740 e. The lowest BCUT2D eigenvalue weighted by atomic mass is 9.54. The normalized spacial score (nSPS) is 26.2. The van der Waals surface area contributed by atoms with Crippen LogP contribution in [0.5, 0.6) is 0 Å². The number of hydrogen-bond donors (Lipinski definition) is 0. The Bertz CT molecular complexity index is 818. The van der Waals surface area contributed by atoms with Crippen LogP contribution in [-0.4, -0.2) is 0 Å². The number of hydrogen-bond acceptors (Lipinski definition) is 2. The molecule has 3 aliphatic rings. The second-order valence-electron chi connectivity index (χ2n) is 7.40. The van der Waals surface area contributed by atoms with Crippen LogP contribution in [0.1, 0.15) is 56.3 Å². The summed E-state index contributed by atoms with van der Waals surface area (Å²) in [7, 11) is 0. The maximum absolute atomic E-state index is 9.81. The molecule has 2 atom stereocenters. The standard InChI is InChI=1S/C22H20N2/c1-11-5-15-16(6-12(11)2)22-18-8-14(4)13(3)7-17(18)21(15)19(9-23)20(22)10-24/h5-8,19-22H,1-4H3. The first-order valence-corrected chi connectivity index (χ1v) is 8.49. The van der Waals surface area contributed by atoms with E-state index < -0.39 is 0 Å². The van der Waals surface area contributed by atoms with E-state index in [0.29, 0.717) is 0 Å². The fourth-order valence-corrected chi connectivity index (χ4v) is 4.63. The van der Waals surface area contributed by atoms with Gasteiger partial charge in [0, 0.05) is 11.8 Å². The van der Waals surface area contributed by atoms with Gasteiger partial charge >= 0.3 is 0 Å². The molecule has 0 heterocycles. The number of fused-ring (bicyclic) bond motifs is 1. The Morgan fingerprint density at radius 3 is 1.04 bits per heavy atom. The summed E-state index contributed by atoms with van der Waals surface area (Å²) in [5, 5.41) is 19.6. The second kappa shape index (κ2) is 4.96. The van der Waals surface area contributed by atoms with Crippen LogP contribution in [0.2, 0.25) is 0 Å². The van der Waals surface area contributed by atoms with E-state index in [2.05, 4.69) is 64.1 Å². The Labute approximate surface area is 143 Å². The number of benzene rings is 2. The van der Waals surface area contributed by atoms with Crippen molar-refractivity contribution in [2.24, 2.45) is 11.8 Å². The molecule has 0 amide bonds. The Balaban J connectivity index is 2.09. The predicted octanol–water partition coefficient (Wildman–Crippen LogP) is 4.79. The molecule has 0 aliphatic heterocycles. The van der Waals surface area contributed by atoms with E-state index in [1.54, 1.807) is 0 Å². The molecule has 2 heteroatoms. The first kappa shape index (κ1) is 15.0. The molecule has 2 bridgehead atoms. The fraction of sp³-hybridized carbons (Fsp3) is 0.364. The Morgan fingerprint density at radius 2 is 0.833 bits per heavy atom. The molecule has 0 saturated heterocycles. The van der Waals surface area contributed by atoms with Gasteiger partial charge in [0.25, 0.3) is 0 Å². The van der Waals surface area contributed by atoms with E-state index in [0.717, 1.165) is 0 Å². The molecule has 0 fully saturated rings. The van der Waals surface area contributed by atoms with Crippen LogP contribution in [0, 0.1) is 62.2 Å². The number of aryl methyl sites for hydroxylation is 4. The van der Waals surface area contributed by atoms with Gasteiger partial charge in [-0.25, -0.2) is 0 Å². The zero-order valence-electron chi connectivity index (χ0n) is 14.5. The number of nitrogens with zero attached hydrogens (tertiary/aromatic N) is 2. The van der Waals surface area contributed by atoms with Crippen LogP contribution in [0.3, 0.4) is 0 Å². The molecule has 24 heavy (non-hydrogen) atoms. The van der Waals surface area contributed by atoms with E-state index in [9.17, 15) is 10.5 Å². The molecular formula is C22H20N2. The summed E-state index contributed by atoms with van der Waals surface area (Å²) in [4.78, 5) is 0. The van der Waals surface area contributed by atoms with Crippen molar-refractivity contribution in [3.8, 4) is 12.1 Å². The van der Waals surface area contributed by atoms with E-state index >= 15 is 0 Å². The quantitative estimate of drug-likeness (QED) is 0.702. The van der Waals surface area contributed by atoms with Gasteiger partial charge in [-0.1, -0.05) is 24.3 Å². The van der Waals surface area contributed by atoms with Gasteiger partial charge in [0.1, 0.15) is 0 Å². The van der Waals surface area contributed by atoms with Crippen molar-refractivity contribution in [2.45, 2.75) is 39.5 Å². The highest BCUT2D eigenvalue weighted by atomic mass is 14.5. The second-order valence-corrected chi connectivity index (χ2v) is 7.40. The Hall–Kier alpha value is -2.58. The minimum Gasteiger partial charge on any atom is -0.198 e. The summed E-state index contributed by atoms with van der Waals surface area (Å²) < 4.78 is 0. The molecule has 0 N–H and O–H groups in total. The van der Waals surface area contributed by atoms with E-state index in [4.69, 9.17) is 0 Å². The summed E-state index contributed by atoms with van der Waals surface area (Å²) in [5.41, 5.74) is 10.1.